The molecule has 10 nitrogen and oxygen atoms in total. The van der Waals surface area contributed by atoms with Crippen LogP contribution in [0.2, 0.25) is 0 Å². The maximum Gasteiger partial charge on any atom is 0.410 e. The van der Waals surface area contributed by atoms with Gasteiger partial charge in [0.15, 0.2) is 9.84 Å². The number of benzene rings is 2. The van der Waals surface area contributed by atoms with Gasteiger partial charge in [-0.15, -0.1) is 0 Å². The van der Waals surface area contributed by atoms with Crippen LogP contribution in [0.25, 0.3) is 22.0 Å². The third-order valence-corrected chi connectivity index (χ3v) is 10.1. The molecule has 2 fully saturated rings. The number of anilines is 1. The predicted molar refractivity (Wildman–Crippen MR) is 179 cm³/mol. The van der Waals surface area contributed by atoms with Gasteiger partial charge >= 0.3 is 6.09 Å². The number of carbonyl (C=O) groups excluding carboxylic acids is 1. The molecule has 0 bridgehead atoms. The predicted octanol–water partition coefficient (Wildman–Crippen LogP) is 7.31. The number of nitrogens with zero attached hydrogens (tertiary/aromatic N) is 4. The fourth-order valence-corrected chi connectivity index (χ4v) is 7.78. The van der Waals surface area contributed by atoms with Crippen molar-refractivity contribution in [3.8, 4) is 22.9 Å². The van der Waals surface area contributed by atoms with Crippen molar-refractivity contribution in [2.75, 3.05) is 24.2 Å². The second-order valence-corrected chi connectivity index (χ2v) is 15.8. The zero-order valence-electron chi connectivity index (χ0n) is 27.7. The minimum Gasteiger partial charge on any atom is -0.444 e. The van der Waals surface area contributed by atoms with Crippen LogP contribution in [0.5, 0.6) is 11.6 Å². The van der Waals surface area contributed by atoms with Gasteiger partial charge in [0, 0.05) is 54.8 Å². The Labute approximate surface area is 283 Å². The minimum atomic E-state index is -4.03. The number of halogens is 3. The summed E-state index contributed by atoms with van der Waals surface area (Å²) in [6, 6.07) is 11.1. The van der Waals surface area contributed by atoms with Gasteiger partial charge in [-0.25, -0.2) is 41.3 Å². The number of piperidine rings is 1. The molecule has 1 amide bonds. The topological polar surface area (TPSA) is 124 Å². The quantitative estimate of drug-likeness (QED) is 0.192. The molecule has 2 aromatic heterocycles. The second kappa shape index (κ2) is 13.1. The molecular formula is C35H38F3N5O5S. The number of fused-ring (bicyclic) bond motifs is 1. The number of hydrogen-bond acceptors (Lipinski definition) is 9. The molecule has 0 radical (unpaired) electrons. The van der Waals surface area contributed by atoms with Crippen LogP contribution in [0.3, 0.4) is 0 Å². The summed E-state index contributed by atoms with van der Waals surface area (Å²) in [7, 11) is -4.03. The maximum atomic E-state index is 15.1. The molecule has 14 heteroatoms. The molecule has 1 aliphatic carbocycles. The summed E-state index contributed by atoms with van der Waals surface area (Å²) in [5, 5.41) is 4.07. The number of aromatic nitrogens is 3. The summed E-state index contributed by atoms with van der Waals surface area (Å²) in [5.74, 6) is -5.52. The van der Waals surface area contributed by atoms with E-state index in [1.165, 1.54) is 6.07 Å². The number of amides is 1. The molecule has 4 aromatic rings. The molecule has 2 aliphatic rings. The molecule has 1 N–H and O–H groups in total. The Bertz CT molecular complexity index is 2000. The SMILES string of the molecule is Cc1ccc2c(CS(=O)(=O)CC3CC3(F)F)c(F)ccc2c1Oc1ncccc1-c1ccnc(N[C@H]2CCCN(C(=O)OC(C)(C)C)C2)n1. The van der Waals surface area contributed by atoms with E-state index in [2.05, 4.69) is 15.3 Å². The third kappa shape index (κ3) is 8.06. The van der Waals surface area contributed by atoms with Crippen LogP contribution in [0.15, 0.2) is 54.9 Å². The van der Waals surface area contributed by atoms with E-state index in [1.54, 1.807) is 54.5 Å². The van der Waals surface area contributed by atoms with Crippen molar-refractivity contribution in [2.45, 2.75) is 70.3 Å². The summed E-state index contributed by atoms with van der Waals surface area (Å²) in [4.78, 5) is 27.9. The van der Waals surface area contributed by atoms with Crippen LogP contribution in [0, 0.1) is 18.7 Å². The lowest BCUT2D eigenvalue weighted by Gasteiger charge is -2.34. The Morgan fingerprint density at radius 1 is 1.08 bits per heavy atom. The first-order valence-electron chi connectivity index (χ1n) is 16.1. The van der Waals surface area contributed by atoms with E-state index in [0.29, 0.717) is 52.4 Å². The van der Waals surface area contributed by atoms with Gasteiger partial charge in [-0.2, -0.15) is 0 Å². The summed E-state index contributed by atoms with van der Waals surface area (Å²) in [6.45, 7) is 8.31. The Balaban J connectivity index is 1.25. The first-order chi connectivity index (χ1) is 23.1. The number of likely N-dealkylation sites (tertiary alicyclic amines) is 1. The average Bonchev–Trinajstić information content (AvgIpc) is 3.63. The van der Waals surface area contributed by atoms with Crippen molar-refractivity contribution in [3.05, 3.63) is 71.8 Å². The van der Waals surface area contributed by atoms with E-state index in [0.717, 1.165) is 18.9 Å². The van der Waals surface area contributed by atoms with Gasteiger partial charge < -0.3 is 19.7 Å². The molecule has 1 unspecified atom stereocenters. The van der Waals surface area contributed by atoms with Crippen molar-refractivity contribution in [2.24, 2.45) is 5.92 Å². The highest BCUT2D eigenvalue weighted by Gasteiger charge is 2.58. The lowest BCUT2D eigenvalue weighted by molar-refractivity contribution is 0.0206. The van der Waals surface area contributed by atoms with E-state index in [-0.39, 0.29) is 23.6 Å². The van der Waals surface area contributed by atoms with E-state index < -0.39 is 51.0 Å². The molecule has 1 saturated heterocycles. The van der Waals surface area contributed by atoms with Crippen molar-refractivity contribution in [1.82, 2.24) is 19.9 Å². The first-order valence-corrected chi connectivity index (χ1v) is 17.9. The number of rotatable bonds is 9. The van der Waals surface area contributed by atoms with Crippen LogP contribution >= 0.6 is 0 Å². The van der Waals surface area contributed by atoms with E-state index in [4.69, 9.17) is 14.5 Å². The molecule has 2 aromatic carbocycles. The van der Waals surface area contributed by atoms with Crippen LogP contribution in [-0.4, -0.2) is 70.8 Å². The van der Waals surface area contributed by atoms with Crippen molar-refractivity contribution in [3.63, 3.8) is 0 Å². The summed E-state index contributed by atoms with van der Waals surface area (Å²) in [6.07, 6.45) is 3.91. The number of alkyl halides is 2. The van der Waals surface area contributed by atoms with Crippen LogP contribution in [-0.2, 0) is 20.3 Å². The molecule has 6 rings (SSSR count). The van der Waals surface area contributed by atoms with Crippen molar-refractivity contribution in [1.29, 1.82) is 0 Å². The second-order valence-electron chi connectivity index (χ2n) is 13.7. The van der Waals surface area contributed by atoms with Crippen molar-refractivity contribution < 1.29 is 35.9 Å². The van der Waals surface area contributed by atoms with Gasteiger partial charge in [0.05, 0.1) is 22.8 Å². The Morgan fingerprint density at radius 2 is 1.84 bits per heavy atom. The zero-order valence-corrected chi connectivity index (χ0v) is 28.5. The number of hydrogen-bond donors (Lipinski definition) is 1. The Morgan fingerprint density at radius 3 is 2.57 bits per heavy atom. The Hall–Kier alpha value is -4.46. The molecule has 2 atom stereocenters. The highest BCUT2D eigenvalue weighted by Crippen LogP contribution is 2.49. The molecule has 1 saturated carbocycles. The van der Waals surface area contributed by atoms with Crippen LogP contribution < -0.4 is 10.1 Å². The smallest absolute Gasteiger partial charge is 0.410 e. The minimum absolute atomic E-state index is 0.0985. The van der Waals surface area contributed by atoms with Gasteiger partial charge in [-0.05, 0) is 81.8 Å². The zero-order chi connectivity index (χ0) is 35.1. The Kier molecular flexibility index (Phi) is 9.20. The third-order valence-electron chi connectivity index (χ3n) is 8.49. The number of carbonyl (C=O) groups is 1. The van der Waals surface area contributed by atoms with Gasteiger partial charge in [0.1, 0.15) is 17.2 Å². The average molecular weight is 698 g/mol. The largest absolute Gasteiger partial charge is 0.444 e. The molecular weight excluding hydrogens is 659 g/mol. The first kappa shape index (κ1) is 34.4. The van der Waals surface area contributed by atoms with Gasteiger partial charge in [-0.1, -0.05) is 12.1 Å². The van der Waals surface area contributed by atoms with E-state index in [9.17, 15) is 22.0 Å². The van der Waals surface area contributed by atoms with Gasteiger partial charge in [0.2, 0.25) is 11.8 Å². The number of sulfone groups is 1. The fourth-order valence-electron chi connectivity index (χ4n) is 5.95. The molecule has 49 heavy (non-hydrogen) atoms. The molecule has 260 valence electrons. The number of ether oxygens (including phenoxy) is 2. The summed E-state index contributed by atoms with van der Waals surface area (Å²) in [5.41, 5.74) is 1.03. The maximum absolute atomic E-state index is 15.1. The van der Waals surface area contributed by atoms with E-state index >= 15 is 4.39 Å². The normalized spacial score (nSPS) is 19.0. The molecule has 1 aliphatic heterocycles. The van der Waals surface area contributed by atoms with Gasteiger partial charge in [0.25, 0.3) is 5.92 Å². The van der Waals surface area contributed by atoms with Crippen molar-refractivity contribution >= 4 is 32.7 Å². The lowest BCUT2D eigenvalue weighted by atomic mass is 10.0. The summed E-state index contributed by atoms with van der Waals surface area (Å²) < 4.78 is 79.7. The number of nitrogens with one attached hydrogen (secondary N) is 1. The van der Waals surface area contributed by atoms with Gasteiger partial charge in [-0.3, -0.25) is 0 Å². The van der Waals surface area contributed by atoms with Crippen LogP contribution in [0.1, 0.15) is 51.2 Å². The summed E-state index contributed by atoms with van der Waals surface area (Å²) >= 11 is 0. The molecule has 3 heterocycles. The highest BCUT2D eigenvalue weighted by molar-refractivity contribution is 7.90. The number of aryl methyl sites for hydroxylation is 1. The lowest BCUT2D eigenvalue weighted by Crippen LogP contribution is -2.47. The number of pyridine rings is 1. The van der Waals surface area contributed by atoms with E-state index in [1.807, 2.05) is 20.8 Å². The molecule has 0 spiro atoms. The standard InChI is InChI=1S/C35H38F3N5O5S/c1-21-9-10-24-25(11-12-28(36)27(24)20-49(45,46)19-22-17-35(22,37)38)30(21)47-31-26(8-5-14-39-31)29-13-15-40-32(42-29)41-23-7-6-16-43(18-23)33(44)48-34(2,3)4/h5,8-15,22-23H,6-7,16-20H2,1-4H3,(H,40,41,42)/t22?,23-/m0/s1. The fraction of sp³-hybridized carbons (Fsp3) is 0.429. The van der Waals surface area contributed by atoms with Crippen LogP contribution in [0.4, 0.5) is 23.9 Å². The monoisotopic (exact) mass is 697 g/mol. The highest BCUT2D eigenvalue weighted by atomic mass is 32.2.